The number of rotatable bonds is 5. The van der Waals surface area contributed by atoms with Crippen molar-refractivity contribution in [2.75, 3.05) is 24.9 Å². The number of amides is 1. The molecule has 0 saturated carbocycles. The van der Waals surface area contributed by atoms with Gasteiger partial charge in [-0.25, -0.2) is 4.68 Å². The number of hydrogen-bond acceptors (Lipinski definition) is 6. The number of aromatic nitrogens is 3. The highest BCUT2D eigenvalue weighted by atomic mass is 16.5. The smallest absolute Gasteiger partial charge is 0.255 e. The number of methoxy groups -OCH3 is 2. The van der Waals surface area contributed by atoms with E-state index in [9.17, 15) is 4.79 Å². The fourth-order valence-corrected chi connectivity index (χ4v) is 3.87. The third kappa shape index (κ3) is 3.72. The standard InChI is InChI=1S/C23H25N5O3/c1-13-6-8-18(14(2)10-13)27-22(29)20-15(3)26-23-24-12-25-28(23)21(20)17-11-16(30-4)7-9-19(17)31-5/h6-12,21H,1-5H3,(H,27,29)(H,24,25,26). The number of anilines is 2. The van der Waals surface area contributed by atoms with Crippen LogP contribution in [0.15, 0.2) is 54.0 Å². The van der Waals surface area contributed by atoms with E-state index in [1.165, 1.54) is 6.33 Å². The molecule has 0 spiro atoms. The Hall–Kier alpha value is -3.81. The second-order valence-electron chi connectivity index (χ2n) is 7.47. The van der Waals surface area contributed by atoms with E-state index in [0.717, 1.165) is 22.4 Å². The maximum Gasteiger partial charge on any atom is 0.255 e. The Morgan fingerprint density at radius 2 is 1.90 bits per heavy atom. The molecular weight excluding hydrogens is 394 g/mol. The monoisotopic (exact) mass is 419 g/mol. The van der Waals surface area contributed by atoms with Crippen LogP contribution in [0.1, 0.15) is 29.7 Å². The highest BCUT2D eigenvalue weighted by Crippen LogP contribution is 2.40. The molecule has 0 radical (unpaired) electrons. The second kappa shape index (κ2) is 8.14. The first-order valence-corrected chi connectivity index (χ1v) is 9.90. The molecule has 0 fully saturated rings. The third-order valence-corrected chi connectivity index (χ3v) is 5.40. The van der Waals surface area contributed by atoms with Crippen molar-refractivity contribution in [2.24, 2.45) is 0 Å². The molecule has 2 N–H and O–H groups in total. The van der Waals surface area contributed by atoms with Gasteiger partial charge < -0.3 is 20.1 Å². The summed E-state index contributed by atoms with van der Waals surface area (Å²) in [6, 6.07) is 10.9. The van der Waals surface area contributed by atoms with Crippen LogP contribution in [0.4, 0.5) is 11.6 Å². The maximum absolute atomic E-state index is 13.5. The van der Waals surface area contributed by atoms with Crippen molar-refractivity contribution in [3.8, 4) is 11.5 Å². The molecule has 4 rings (SSSR count). The Morgan fingerprint density at radius 1 is 1.10 bits per heavy atom. The normalized spacial score (nSPS) is 15.2. The predicted octanol–water partition coefficient (Wildman–Crippen LogP) is 3.84. The summed E-state index contributed by atoms with van der Waals surface area (Å²) in [6.45, 7) is 5.85. The van der Waals surface area contributed by atoms with Gasteiger partial charge in [0.15, 0.2) is 0 Å². The summed E-state index contributed by atoms with van der Waals surface area (Å²) in [5, 5.41) is 10.6. The van der Waals surface area contributed by atoms with Crippen LogP contribution in [0.3, 0.4) is 0 Å². The molecule has 2 heterocycles. The van der Waals surface area contributed by atoms with Crippen molar-refractivity contribution in [2.45, 2.75) is 26.8 Å². The van der Waals surface area contributed by atoms with Crippen LogP contribution in [0, 0.1) is 13.8 Å². The summed E-state index contributed by atoms with van der Waals surface area (Å²) in [6.07, 6.45) is 1.46. The number of nitrogens with zero attached hydrogens (tertiary/aromatic N) is 3. The van der Waals surface area contributed by atoms with E-state index < -0.39 is 6.04 Å². The lowest BCUT2D eigenvalue weighted by Crippen LogP contribution is -2.32. The van der Waals surface area contributed by atoms with Crippen LogP contribution in [0.5, 0.6) is 11.5 Å². The van der Waals surface area contributed by atoms with Gasteiger partial charge in [-0.15, -0.1) is 0 Å². The molecule has 8 nitrogen and oxygen atoms in total. The van der Waals surface area contributed by atoms with Gasteiger partial charge in [0, 0.05) is 16.9 Å². The number of aryl methyl sites for hydroxylation is 2. The number of nitrogens with one attached hydrogen (secondary N) is 2. The number of benzene rings is 2. The van der Waals surface area contributed by atoms with Gasteiger partial charge in [0.25, 0.3) is 5.91 Å². The molecule has 8 heteroatoms. The first-order chi connectivity index (χ1) is 14.9. The molecule has 160 valence electrons. The number of allylic oxidation sites excluding steroid dienone is 1. The molecule has 1 aliphatic rings. The van der Waals surface area contributed by atoms with Gasteiger partial charge in [0.2, 0.25) is 5.95 Å². The molecule has 1 aromatic heterocycles. The number of ether oxygens (including phenoxy) is 2. The number of carbonyl (C=O) groups excluding carboxylic acids is 1. The minimum atomic E-state index is -0.547. The van der Waals surface area contributed by atoms with E-state index in [1.54, 1.807) is 18.9 Å². The molecule has 3 aromatic rings. The third-order valence-electron chi connectivity index (χ3n) is 5.40. The van der Waals surface area contributed by atoms with Gasteiger partial charge >= 0.3 is 0 Å². The highest BCUT2D eigenvalue weighted by molar-refractivity contribution is 6.06. The first kappa shape index (κ1) is 20.5. The SMILES string of the molecule is COc1ccc(OC)c(C2C(C(=O)Nc3ccc(C)cc3C)=C(C)Nc3ncnn32)c1. The lowest BCUT2D eigenvalue weighted by Gasteiger charge is -2.30. The minimum absolute atomic E-state index is 0.229. The molecule has 1 amide bonds. The van der Waals surface area contributed by atoms with E-state index in [-0.39, 0.29) is 5.91 Å². The van der Waals surface area contributed by atoms with Crippen LogP contribution >= 0.6 is 0 Å². The summed E-state index contributed by atoms with van der Waals surface area (Å²) in [5.74, 6) is 1.60. The fourth-order valence-electron chi connectivity index (χ4n) is 3.87. The molecule has 1 atom stereocenters. The van der Waals surface area contributed by atoms with E-state index in [1.807, 2.05) is 57.2 Å². The second-order valence-corrected chi connectivity index (χ2v) is 7.47. The van der Waals surface area contributed by atoms with E-state index in [4.69, 9.17) is 9.47 Å². The zero-order valence-electron chi connectivity index (χ0n) is 18.2. The highest BCUT2D eigenvalue weighted by Gasteiger charge is 2.35. The van der Waals surface area contributed by atoms with Gasteiger partial charge in [-0.1, -0.05) is 17.7 Å². The van der Waals surface area contributed by atoms with Crippen molar-refractivity contribution in [1.29, 1.82) is 0 Å². The molecule has 2 aromatic carbocycles. The summed E-state index contributed by atoms with van der Waals surface area (Å²) < 4.78 is 12.7. The molecule has 0 aliphatic carbocycles. The van der Waals surface area contributed by atoms with Gasteiger partial charge in [0.1, 0.15) is 23.9 Å². The zero-order chi connectivity index (χ0) is 22.1. The van der Waals surface area contributed by atoms with Gasteiger partial charge in [-0.2, -0.15) is 10.1 Å². The Kier molecular flexibility index (Phi) is 5.37. The zero-order valence-corrected chi connectivity index (χ0v) is 18.2. The quantitative estimate of drug-likeness (QED) is 0.653. The fraction of sp³-hybridized carbons (Fsp3) is 0.261. The largest absolute Gasteiger partial charge is 0.497 e. The number of carbonyl (C=O) groups is 1. The van der Waals surface area contributed by atoms with Crippen LogP contribution < -0.4 is 20.1 Å². The molecule has 0 saturated heterocycles. The average molecular weight is 419 g/mol. The van der Waals surface area contributed by atoms with Crippen LogP contribution in [-0.2, 0) is 4.79 Å². The minimum Gasteiger partial charge on any atom is -0.497 e. The lowest BCUT2D eigenvalue weighted by molar-refractivity contribution is -0.113. The van der Waals surface area contributed by atoms with E-state index >= 15 is 0 Å². The van der Waals surface area contributed by atoms with Crippen molar-refractivity contribution >= 4 is 17.5 Å². The van der Waals surface area contributed by atoms with Gasteiger partial charge in [-0.3, -0.25) is 4.79 Å². The summed E-state index contributed by atoms with van der Waals surface area (Å²) in [7, 11) is 3.20. The molecule has 1 aliphatic heterocycles. The number of hydrogen-bond donors (Lipinski definition) is 2. The van der Waals surface area contributed by atoms with E-state index in [0.29, 0.717) is 28.7 Å². The van der Waals surface area contributed by atoms with Crippen molar-refractivity contribution in [3.63, 3.8) is 0 Å². The van der Waals surface area contributed by atoms with Crippen LogP contribution in [0.25, 0.3) is 0 Å². The first-order valence-electron chi connectivity index (χ1n) is 9.90. The van der Waals surface area contributed by atoms with Crippen molar-refractivity contribution in [1.82, 2.24) is 14.8 Å². The Morgan fingerprint density at radius 3 is 2.61 bits per heavy atom. The van der Waals surface area contributed by atoms with Gasteiger partial charge in [-0.05, 0) is 50.6 Å². The Bertz CT molecular complexity index is 1180. The lowest BCUT2D eigenvalue weighted by atomic mass is 9.94. The van der Waals surface area contributed by atoms with Crippen molar-refractivity contribution in [3.05, 3.63) is 70.7 Å². The van der Waals surface area contributed by atoms with Crippen LogP contribution in [-0.4, -0.2) is 34.9 Å². The van der Waals surface area contributed by atoms with Crippen molar-refractivity contribution < 1.29 is 14.3 Å². The molecule has 0 bridgehead atoms. The molecule has 31 heavy (non-hydrogen) atoms. The summed E-state index contributed by atoms with van der Waals surface area (Å²) in [4.78, 5) is 17.8. The van der Waals surface area contributed by atoms with Crippen LogP contribution in [0.2, 0.25) is 0 Å². The number of fused-ring (bicyclic) bond motifs is 1. The van der Waals surface area contributed by atoms with Gasteiger partial charge in [0.05, 0.1) is 19.8 Å². The summed E-state index contributed by atoms with van der Waals surface area (Å²) >= 11 is 0. The van der Waals surface area contributed by atoms with E-state index in [2.05, 4.69) is 20.7 Å². The maximum atomic E-state index is 13.5. The summed E-state index contributed by atoms with van der Waals surface area (Å²) in [5.41, 5.74) is 4.85. The predicted molar refractivity (Wildman–Crippen MR) is 119 cm³/mol. The molecular formula is C23H25N5O3. The average Bonchev–Trinajstić information content (AvgIpc) is 3.22. The molecule has 1 unspecified atom stereocenters. The topological polar surface area (TPSA) is 90.3 Å². The Labute approximate surface area is 180 Å². The Balaban J connectivity index is 1.83.